The summed E-state index contributed by atoms with van der Waals surface area (Å²) in [5.41, 5.74) is 1.57. The van der Waals surface area contributed by atoms with E-state index in [1.807, 2.05) is 6.92 Å². The molecule has 1 fully saturated rings. The molecule has 1 saturated heterocycles. The Bertz CT molecular complexity index is 762. The van der Waals surface area contributed by atoms with Gasteiger partial charge in [0.2, 0.25) is 5.91 Å². The maximum Gasteiger partial charge on any atom is 0.224 e. The molecule has 2 aromatic rings. The van der Waals surface area contributed by atoms with E-state index in [9.17, 15) is 9.59 Å². The van der Waals surface area contributed by atoms with Crippen molar-refractivity contribution in [2.75, 3.05) is 13.1 Å². The number of Topliss-reactive ketones (excluding diaryl/α,β-unsaturated/α-hetero) is 1. The van der Waals surface area contributed by atoms with Crippen LogP contribution in [-0.4, -0.2) is 49.9 Å². The van der Waals surface area contributed by atoms with Gasteiger partial charge in [-0.05, 0) is 54.0 Å². The fourth-order valence-corrected chi connectivity index (χ4v) is 3.42. The lowest BCUT2D eigenvalue weighted by Crippen LogP contribution is -2.42. The molecule has 8 heteroatoms. The highest BCUT2D eigenvalue weighted by Crippen LogP contribution is 2.24. The lowest BCUT2D eigenvalue weighted by atomic mass is 9.88. The number of nitrogens with zero attached hydrogens (tertiary/aromatic N) is 5. The first kappa shape index (κ1) is 17.5. The number of carbonyl (C=O) groups is 2. The number of halogens is 1. The molecule has 1 atom stereocenters. The lowest BCUT2D eigenvalue weighted by molar-refractivity contribution is -0.132. The van der Waals surface area contributed by atoms with Crippen LogP contribution >= 0.6 is 11.6 Å². The summed E-state index contributed by atoms with van der Waals surface area (Å²) in [5.74, 6) is -0.0430. The number of aromatic nitrogens is 4. The van der Waals surface area contributed by atoms with Crippen LogP contribution in [0.2, 0.25) is 5.02 Å². The monoisotopic (exact) mass is 361 g/mol. The maximum atomic E-state index is 12.8. The van der Waals surface area contributed by atoms with E-state index >= 15 is 0 Å². The molecule has 0 spiro atoms. The molecule has 25 heavy (non-hydrogen) atoms. The minimum absolute atomic E-state index is 0.0285. The molecule has 1 aromatic carbocycles. The van der Waals surface area contributed by atoms with Crippen molar-refractivity contribution in [3.05, 3.63) is 40.7 Å². The van der Waals surface area contributed by atoms with Crippen molar-refractivity contribution in [1.29, 1.82) is 0 Å². The predicted molar refractivity (Wildman–Crippen MR) is 92.3 cm³/mol. The average Bonchev–Trinajstić information content (AvgIpc) is 3.13. The zero-order chi connectivity index (χ0) is 17.8. The number of hydrogen-bond donors (Lipinski definition) is 0. The molecule has 0 aliphatic carbocycles. The number of aryl methyl sites for hydroxylation is 2. The second-order valence-electron chi connectivity index (χ2n) is 6.33. The van der Waals surface area contributed by atoms with Crippen molar-refractivity contribution >= 4 is 23.3 Å². The topological polar surface area (TPSA) is 81.0 Å². The summed E-state index contributed by atoms with van der Waals surface area (Å²) in [6.45, 7) is 3.49. The van der Waals surface area contributed by atoms with Gasteiger partial charge in [-0.2, -0.15) is 0 Å². The van der Waals surface area contributed by atoms with Gasteiger partial charge in [0.05, 0.1) is 6.54 Å². The van der Waals surface area contributed by atoms with Crippen molar-refractivity contribution < 1.29 is 9.59 Å². The first-order valence-electron chi connectivity index (χ1n) is 8.33. The van der Waals surface area contributed by atoms with Crippen LogP contribution in [0.25, 0.3) is 0 Å². The largest absolute Gasteiger partial charge is 0.342 e. The van der Waals surface area contributed by atoms with E-state index in [0.29, 0.717) is 36.6 Å². The molecule has 132 valence electrons. The van der Waals surface area contributed by atoms with Gasteiger partial charge < -0.3 is 4.90 Å². The highest BCUT2D eigenvalue weighted by atomic mass is 35.5. The Labute approximate surface area is 151 Å². The highest BCUT2D eigenvalue weighted by molar-refractivity contribution is 6.30. The van der Waals surface area contributed by atoms with Crippen molar-refractivity contribution in [3.63, 3.8) is 0 Å². The quantitative estimate of drug-likeness (QED) is 0.762. The Morgan fingerprint density at radius 1 is 1.36 bits per heavy atom. The minimum atomic E-state index is -0.161. The zero-order valence-corrected chi connectivity index (χ0v) is 14.8. The molecule has 1 aliphatic rings. The van der Waals surface area contributed by atoms with Crippen molar-refractivity contribution in [1.82, 2.24) is 25.1 Å². The number of piperidine rings is 1. The summed E-state index contributed by atoms with van der Waals surface area (Å²) in [7, 11) is 0. The van der Waals surface area contributed by atoms with Gasteiger partial charge in [-0.1, -0.05) is 11.6 Å². The van der Waals surface area contributed by atoms with E-state index < -0.39 is 0 Å². The molecule has 1 aromatic heterocycles. The van der Waals surface area contributed by atoms with Crippen LogP contribution in [0.15, 0.2) is 24.5 Å². The molecule has 1 amide bonds. The number of likely N-dealkylation sites (tertiary alicyclic amines) is 1. The Hall–Kier alpha value is -2.28. The van der Waals surface area contributed by atoms with Gasteiger partial charge in [-0.3, -0.25) is 9.59 Å². The molecule has 0 unspecified atom stereocenters. The number of benzene rings is 1. The summed E-state index contributed by atoms with van der Waals surface area (Å²) >= 11 is 5.97. The first-order chi connectivity index (χ1) is 12.0. The number of tetrazole rings is 1. The summed E-state index contributed by atoms with van der Waals surface area (Å²) < 4.78 is 1.53. The molecule has 0 N–H and O–H groups in total. The van der Waals surface area contributed by atoms with Gasteiger partial charge in [0.1, 0.15) is 6.33 Å². The Kier molecular flexibility index (Phi) is 5.43. The molecule has 7 nitrogen and oxygen atoms in total. The van der Waals surface area contributed by atoms with Gasteiger partial charge >= 0.3 is 0 Å². The third kappa shape index (κ3) is 4.22. The molecule has 0 saturated carbocycles. The number of amides is 1. The standard InChI is InChI=1S/C17H20ClN5O2/c1-12-9-14(18)4-5-15(12)17(25)13-3-2-7-22(10-13)16(24)6-8-23-11-19-20-21-23/h4-5,9,11,13H,2-3,6-8,10H2,1H3/t13-/m0/s1. The Balaban J connectivity index is 1.62. The molecule has 0 bridgehead atoms. The molecule has 3 rings (SSSR count). The van der Waals surface area contributed by atoms with Crippen LogP contribution in [0.3, 0.4) is 0 Å². The van der Waals surface area contributed by atoms with E-state index in [1.165, 1.54) is 11.0 Å². The van der Waals surface area contributed by atoms with E-state index in [0.717, 1.165) is 18.4 Å². The van der Waals surface area contributed by atoms with Crippen molar-refractivity contribution in [3.8, 4) is 0 Å². The summed E-state index contributed by atoms with van der Waals surface area (Å²) in [4.78, 5) is 27.0. The molecule has 1 aliphatic heterocycles. The number of ketones is 1. The zero-order valence-electron chi connectivity index (χ0n) is 14.1. The number of hydrogen-bond acceptors (Lipinski definition) is 5. The fourth-order valence-electron chi connectivity index (χ4n) is 3.19. The van der Waals surface area contributed by atoms with E-state index in [2.05, 4.69) is 15.5 Å². The summed E-state index contributed by atoms with van der Waals surface area (Å²) in [5, 5.41) is 11.5. The lowest BCUT2D eigenvalue weighted by Gasteiger charge is -2.32. The summed E-state index contributed by atoms with van der Waals surface area (Å²) in [6.07, 6.45) is 3.45. The normalized spacial score (nSPS) is 17.5. The average molecular weight is 362 g/mol. The Morgan fingerprint density at radius 2 is 2.20 bits per heavy atom. The number of rotatable bonds is 5. The van der Waals surface area contributed by atoms with Crippen LogP contribution in [-0.2, 0) is 11.3 Å². The SMILES string of the molecule is Cc1cc(Cl)ccc1C(=O)[C@H]1CCCN(C(=O)CCn2cnnn2)C1. The first-order valence-corrected chi connectivity index (χ1v) is 8.71. The maximum absolute atomic E-state index is 12.8. The molecular weight excluding hydrogens is 342 g/mol. The molecule has 0 radical (unpaired) electrons. The van der Waals surface area contributed by atoms with Gasteiger partial charge in [0.15, 0.2) is 5.78 Å². The molecular formula is C17H20ClN5O2. The van der Waals surface area contributed by atoms with Gasteiger partial charge in [0.25, 0.3) is 0 Å². The number of carbonyl (C=O) groups excluding carboxylic acids is 2. The predicted octanol–water partition coefficient (Wildman–Crippen LogP) is 2.15. The fraction of sp³-hybridized carbons (Fsp3) is 0.471. The van der Waals surface area contributed by atoms with Crippen LogP contribution < -0.4 is 0 Å². The minimum Gasteiger partial charge on any atom is -0.342 e. The van der Waals surface area contributed by atoms with E-state index in [4.69, 9.17) is 11.6 Å². The van der Waals surface area contributed by atoms with Crippen LogP contribution in [0.4, 0.5) is 0 Å². The van der Waals surface area contributed by atoms with Crippen molar-refractivity contribution in [2.45, 2.75) is 32.7 Å². The van der Waals surface area contributed by atoms with Gasteiger partial charge in [0, 0.05) is 36.0 Å². The second kappa shape index (κ2) is 7.74. The summed E-state index contributed by atoms with van der Waals surface area (Å²) in [6, 6.07) is 5.31. The van der Waals surface area contributed by atoms with Crippen LogP contribution in [0.1, 0.15) is 35.2 Å². The third-order valence-electron chi connectivity index (χ3n) is 4.55. The Morgan fingerprint density at radius 3 is 2.92 bits per heavy atom. The smallest absolute Gasteiger partial charge is 0.224 e. The van der Waals surface area contributed by atoms with E-state index in [-0.39, 0.29) is 17.6 Å². The van der Waals surface area contributed by atoms with Crippen molar-refractivity contribution in [2.24, 2.45) is 5.92 Å². The van der Waals surface area contributed by atoms with E-state index in [1.54, 1.807) is 23.1 Å². The highest BCUT2D eigenvalue weighted by Gasteiger charge is 2.29. The van der Waals surface area contributed by atoms with Crippen LogP contribution in [0.5, 0.6) is 0 Å². The second-order valence-corrected chi connectivity index (χ2v) is 6.76. The molecule has 2 heterocycles. The third-order valence-corrected chi connectivity index (χ3v) is 4.78. The van der Waals surface area contributed by atoms with Gasteiger partial charge in [-0.15, -0.1) is 5.10 Å². The van der Waals surface area contributed by atoms with Gasteiger partial charge in [-0.25, -0.2) is 4.68 Å². The van der Waals surface area contributed by atoms with Crippen LogP contribution in [0, 0.1) is 12.8 Å².